The van der Waals surface area contributed by atoms with Gasteiger partial charge < -0.3 is 25.0 Å². The molecule has 2 aliphatic rings. The predicted molar refractivity (Wildman–Crippen MR) is 141 cm³/mol. The maximum atomic E-state index is 14.8. The first-order valence-electron chi connectivity index (χ1n) is 13.3. The molecule has 0 radical (unpaired) electrons. The van der Waals surface area contributed by atoms with Gasteiger partial charge in [0, 0.05) is 19.6 Å². The van der Waals surface area contributed by atoms with Gasteiger partial charge in [-0.3, -0.25) is 4.79 Å². The molecule has 0 aliphatic carbocycles. The van der Waals surface area contributed by atoms with E-state index in [0.29, 0.717) is 49.7 Å². The molecule has 9 heteroatoms. The second kappa shape index (κ2) is 12.6. The smallest absolute Gasteiger partial charge is 0.410 e. The van der Waals surface area contributed by atoms with Crippen LogP contribution < -0.4 is 10.5 Å². The number of nitrogens with zero attached hydrogens (tertiary/aromatic N) is 2. The Morgan fingerprint density at radius 3 is 2.26 bits per heavy atom. The summed E-state index contributed by atoms with van der Waals surface area (Å²) in [6.45, 7) is 5.99. The largest absolute Gasteiger partial charge is 0.493 e. The Hall–Kier alpha value is -3.20. The molecule has 0 spiro atoms. The number of halogens is 2. The Bertz CT molecular complexity index is 1100. The van der Waals surface area contributed by atoms with E-state index in [-0.39, 0.29) is 31.1 Å². The van der Waals surface area contributed by atoms with E-state index in [1.807, 2.05) is 38.1 Å². The van der Waals surface area contributed by atoms with Crippen molar-refractivity contribution in [1.82, 2.24) is 9.80 Å². The van der Waals surface area contributed by atoms with Crippen LogP contribution in [0.2, 0.25) is 0 Å². The highest BCUT2D eigenvalue weighted by atomic mass is 19.1. The van der Waals surface area contributed by atoms with Crippen molar-refractivity contribution in [1.29, 1.82) is 0 Å². The van der Waals surface area contributed by atoms with Crippen LogP contribution >= 0.6 is 0 Å². The minimum absolute atomic E-state index is 0.0573. The van der Waals surface area contributed by atoms with E-state index in [1.165, 1.54) is 11.0 Å². The van der Waals surface area contributed by atoms with Crippen molar-refractivity contribution in [2.75, 3.05) is 32.8 Å². The van der Waals surface area contributed by atoms with Gasteiger partial charge in [-0.15, -0.1) is 0 Å². The van der Waals surface area contributed by atoms with Gasteiger partial charge in [-0.05, 0) is 80.3 Å². The molecule has 2 N–H and O–H groups in total. The van der Waals surface area contributed by atoms with Crippen molar-refractivity contribution in [3.63, 3.8) is 0 Å². The van der Waals surface area contributed by atoms with Gasteiger partial charge in [0.05, 0.1) is 25.3 Å². The first-order valence-corrected chi connectivity index (χ1v) is 13.3. The van der Waals surface area contributed by atoms with Gasteiger partial charge >= 0.3 is 6.09 Å². The lowest BCUT2D eigenvalue weighted by molar-refractivity contribution is -0.131. The molecule has 4 rings (SSSR count). The lowest BCUT2D eigenvalue weighted by Crippen LogP contribution is -2.44. The first kappa shape index (κ1) is 27.8. The summed E-state index contributed by atoms with van der Waals surface area (Å²) in [5, 5.41) is 0. The number of likely N-dealkylation sites (tertiary alicyclic amines) is 2. The van der Waals surface area contributed by atoms with Crippen LogP contribution in [-0.2, 0) is 16.0 Å². The number of ether oxygens (including phenoxy) is 2. The summed E-state index contributed by atoms with van der Waals surface area (Å²) in [5.41, 5.74) is 7.91. The fourth-order valence-electron chi connectivity index (χ4n) is 4.89. The molecular formula is C29H37F2N3O4. The molecule has 2 aliphatic heterocycles. The summed E-state index contributed by atoms with van der Waals surface area (Å²) in [6.07, 6.45) is 0.710. The van der Waals surface area contributed by atoms with Crippen LogP contribution in [0, 0.1) is 11.7 Å². The Labute approximate surface area is 222 Å². The second-order valence-corrected chi connectivity index (χ2v) is 10.5. The van der Waals surface area contributed by atoms with Gasteiger partial charge in [0.1, 0.15) is 17.7 Å². The molecule has 2 atom stereocenters. The molecule has 7 nitrogen and oxygen atoms in total. The lowest BCUT2D eigenvalue weighted by atomic mass is 9.98. The van der Waals surface area contributed by atoms with Crippen LogP contribution in [0.4, 0.5) is 13.6 Å². The minimum atomic E-state index is -1.01. The molecule has 2 fully saturated rings. The number of hydrogen-bond donors (Lipinski definition) is 1. The number of benzene rings is 2. The van der Waals surface area contributed by atoms with E-state index >= 15 is 0 Å². The van der Waals surface area contributed by atoms with Crippen molar-refractivity contribution >= 4 is 12.0 Å². The number of piperidine rings is 1. The third-order valence-electron chi connectivity index (χ3n) is 7.14. The van der Waals surface area contributed by atoms with Crippen LogP contribution in [0.3, 0.4) is 0 Å². The van der Waals surface area contributed by atoms with Crippen LogP contribution in [0.25, 0.3) is 11.1 Å². The van der Waals surface area contributed by atoms with Crippen molar-refractivity contribution in [2.24, 2.45) is 11.7 Å². The maximum absolute atomic E-state index is 14.8. The standard InChI is InChI=1S/C29H37F2N3O4/c1-19(2)38-29(36)33-12-9-20(10-13-33)18-37-25-7-5-21(6-8-25)22-3-4-23(26(31)15-22)16-27(32)28(35)34-14-11-24(30)17-34/h3-8,15,19-20,24,27H,9-14,16-18,32H2,1-2H3/t24-,27-/m0/s1. The molecule has 2 heterocycles. The highest BCUT2D eigenvalue weighted by Gasteiger charge is 2.29. The molecule has 2 saturated heterocycles. The summed E-state index contributed by atoms with van der Waals surface area (Å²) in [4.78, 5) is 27.6. The number of alkyl halides is 1. The fourth-order valence-corrected chi connectivity index (χ4v) is 4.89. The summed E-state index contributed by atoms with van der Waals surface area (Å²) in [6, 6.07) is 11.5. The van der Waals surface area contributed by atoms with Crippen LogP contribution in [-0.4, -0.2) is 72.9 Å². The van der Waals surface area contributed by atoms with E-state index in [9.17, 15) is 18.4 Å². The zero-order valence-corrected chi connectivity index (χ0v) is 22.1. The van der Waals surface area contributed by atoms with Crippen LogP contribution in [0.15, 0.2) is 42.5 Å². The molecule has 0 saturated carbocycles. The molecular weight excluding hydrogens is 492 g/mol. The zero-order chi connectivity index (χ0) is 27.2. The third-order valence-corrected chi connectivity index (χ3v) is 7.14. The third kappa shape index (κ3) is 7.22. The molecule has 2 amide bonds. The number of rotatable bonds is 8. The van der Waals surface area contributed by atoms with Crippen molar-refractivity contribution in [3.8, 4) is 16.9 Å². The lowest BCUT2D eigenvalue weighted by Gasteiger charge is -2.31. The van der Waals surface area contributed by atoms with Gasteiger partial charge in [-0.1, -0.05) is 24.3 Å². The number of amides is 2. The van der Waals surface area contributed by atoms with Gasteiger partial charge in [0.15, 0.2) is 0 Å². The van der Waals surface area contributed by atoms with E-state index in [1.54, 1.807) is 17.0 Å². The maximum Gasteiger partial charge on any atom is 0.410 e. The Morgan fingerprint density at radius 2 is 1.66 bits per heavy atom. The number of carbonyl (C=O) groups is 2. The normalized spacial score (nSPS) is 19.1. The average molecular weight is 530 g/mol. The molecule has 0 unspecified atom stereocenters. The van der Waals surface area contributed by atoms with E-state index in [2.05, 4.69) is 0 Å². The summed E-state index contributed by atoms with van der Waals surface area (Å²) in [5.74, 6) is 0.318. The summed E-state index contributed by atoms with van der Waals surface area (Å²) < 4.78 is 39.5. The number of carbonyl (C=O) groups excluding carboxylic acids is 2. The van der Waals surface area contributed by atoms with E-state index in [0.717, 1.165) is 24.2 Å². The molecule has 206 valence electrons. The van der Waals surface area contributed by atoms with Crippen molar-refractivity contribution in [3.05, 3.63) is 53.8 Å². The van der Waals surface area contributed by atoms with E-state index in [4.69, 9.17) is 15.2 Å². The molecule has 0 aromatic heterocycles. The van der Waals surface area contributed by atoms with Crippen molar-refractivity contribution < 1.29 is 27.8 Å². The van der Waals surface area contributed by atoms with Crippen LogP contribution in [0.5, 0.6) is 5.75 Å². The Kier molecular flexibility index (Phi) is 9.20. The summed E-state index contributed by atoms with van der Waals surface area (Å²) in [7, 11) is 0. The van der Waals surface area contributed by atoms with Gasteiger partial charge in [-0.25, -0.2) is 13.6 Å². The monoisotopic (exact) mass is 529 g/mol. The Morgan fingerprint density at radius 1 is 1.00 bits per heavy atom. The fraction of sp³-hybridized carbons (Fsp3) is 0.517. The first-order chi connectivity index (χ1) is 18.2. The highest BCUT2D eigenvalue weighted by molar-refractivity contribution is 5.82. The van der Waals surface area contributed by atoms with Crippen molar-refractivity contribution in [2.45, 2.75) is 57.8 Å². The zero-order valence-electron chi connectivity index (χ0n) is 22.1. The van der Waals surface area contributed by atoms with E-state index < -0.39 is 18.0 Å². The Balaban J connectivity index is 1.26. The minimum Gasteiger partial charge on any atom is -0.493 e. The molecule has 2 aromatic rings. The highest BCUT2D eigenvalue weighted by Crippen LogP contribution is 2.26. The molecule has 2 aromatic carbocycles. The molecule has 38 heavy (non-hydrogen) atoms. The van der Waals surface area contributed by atoms with Gasteiger partial charge in [0.2, 0.25) is 5.91 Å². The average Bonchev–Trinajstić information content (AvgIpc) is 3.34. The molecule has 0 bridgehead atoms. The SMILES string of the molecule is CC(C)OC(=O)N1CCC(COc2ccc(-c3ccc(C[C@H](N)C(=O)N4CC[C@H](F)C4)c(F)c3)cc2)CC1. The van der Waals surface area contributed by atoms with Gasteiger partial charge in [-0.2, -0.15) is 0 Å². The summed E-state index contributed by atoms with van der Waals surface area (Å²) >= 11 is 0. The second-order valence-electron chi connectivity index (χ2n) is 10.5. The quantitative estimate of drug-likeness (QED) is 0.542. The number of hydrogen-bond acceptors (Lipinski definition) is 5. The van der Waals surface area contributed by atoms with Gasteiger partial charge in [0.25, 0.3) is 0 Å². The number of nitrogens with two attached hydrogens (primary N) is 1. The topological polar surface area (TPSA) is 85.1 Å². The van der Waals surface area contributed by atoms with Crippen LogP contribution in [0.1, 0.15) is 38.7 Å². The predicted octanol–water partition coefficient (Wildman–Crippen LogP) is 4.57.